The summed E-state index contributed by atoms with van der Waals surface area (Å²) in [5, 5.41) is 20.0. The van der Waals surface area contributed by atoms with Gasteiger partial charge in [0, 0.05) is 25.3 Å². The minimum atomic E-state index is -4.09. The lowest BCUT2D eigenvalue weighted by atomic mass is 9.97. The topological polar surface area (TPSA) is 130 Å². The molecule has 164 valence electrons. The van der Waals surface area contributed by atoms with Crippen LogP contribution >= 0.6 is 0 Å². The molecule has 9 nitrogen and oxygen atoms in total. The van der Waals surface area contributed by atoms with Crippen LogP contribution in [0, 0.1) is 10.1 Å². The van der Waals surface area contributed by atoms with Crippen molar-refractivity contribution in [3.8, 4) is 0 Å². The van der Waals surface area contributed by atoms with Gasteiger partial charge in [-0.05, 0) is 34.9 Å². The lowest BCUT2D eigenvalue weighted by Crippen LogP contribution is -2.26. The summed E-state index contributed by atoms with van der Waals surface area (Å²) in [5.74, 6) is -0.744. The second-order valence-electron chi connectivity index (χ2n) is 6.68. The first-order valence-electron chi connectivity index (χ1n) is 9.29. The number of amides is 1. The molecule has 2 N–H and O–H groups in total. The largest absolute Gasteiger partial charge is 0.288 e. The Kier molecular flexibility index (Phi) is 6.67. The van der Waals surface area contributed by atoms with E-state index < -0.39 is 20.9 Å². The fourth-order valence-corrected chi connectivity index (χ4v) is 4.27. The highest BCUT2D eigenvalue weighted by molar-refractivity contribution is 7.92. The molecule has 0 saturated heterocycles. The van der Waals surface area contributed by atoms with Gasteiger partial charge in [0.25, 0.3) is 21.6 Å². The fraction of sp³-hybridized carbons (Fsp3) is 0.0455. The van der Waals surface area contributed by atoms with E-state index in [1.54, 1.807) is 54.0 Å². The van der Waals surface area contributed by atoms with Gasteiger partial charge in [-0.2, -0.15) is 0 Å². The number of nitrogens with zero attached hydrogens (tertiary/aromatic N) is 2. The number of anilines is 1. The number of nitro groups is 1. The number of hydroxylamine groups is 1. The van der Waals surface area contributed by atoms with Gasteiger partial charge in [-0.3, -0.25) is 24.4 Å². The van der Waals surface area contributed by atoms with Crippen molar-refractivity contribution in [2.45, 2.75) is 4.90 Å². The van der Waals surface area contributed by atoms with Crippen molar-refractivity contribution in [3.63, 3.8) is 0 Å². The van der Waals surface area contributed by atoms with Crippen LogP contribution in [-0.2, 0) is 14.8 Å². The summed E-state index contributed by atoms with van der Waals surface area (Å²) in [6, 6.07) is 20.2. The van der Waals surface area contributed by atoms with Crippen LogP contribution < -0.4 is 9.79 Å². The molecule has 0 heterocycles. The van der Waals surface area contributed by atoms with E-state index in [1.165, 1.54) is 31.3 Å². The summed E-state index contributed by atoms with van der Waals surface area (Å²) in [6.07, 6.45) is 1.20. The van der Waals surface area contributed by atoms with Crippen LogP contribution in [0.2, 0.25) is 0 Å². The molecule has 0 aliphatic carbocycles. The second-order valence-corrected chi connectivity index (χ2v) is 8.65. The third-order valence-corrected chi connectivity index (χ3v) is 6.46. The van der Waals surface area contributed by atoms with E-state index in [1.807, 2.05) is 6.07 Å². The molecule has 3 rings (SSSR count). The van der Waals surface area contributed by atoms with Crippen molar-refractivity contribution in [1.29, 1.82) is 0 Å². The molecule has 32 heavy (non-hydrogen) atoms. The first-order valence-corrected chi connectivity index (χ1v) is 10.7. The lowest BCUT2D eigenvalue weighted by Gasteiger charge is -2.20. The highest BCUT2D eigenvalue weighted by Crippen LogP contribution is 2.29. The van der Waals surface area contributed by atoms with Gasteiger partial charge in [-0.15, -0.1) is 0 Å². The van der Waals surface area contributed by atoms with Crippen LogP contribution in [0.1, 0.15) is 11.1 Å². The van der Waals surface area contributed by atoms with E-state index in [-0.39, 0.29) is 16.3 Å². The fourth-order valence-electron chi connectivity index (χ4n) is 3.04. The van der Waals surface area contributed by atoms with Gasteiger partial charge in [0.2, 0.25) is 0 Å². The normalized spacial score (nSPS) is 11.6. The molecule has 3 aromatic rings. The van der Waals surface area contributed by atoms with Crippen LogP contribution in [0.4, 0.5) is 11.4 Å². The average molecular weight is 453 g/mol. The molecule has 0 unspecified atom stereocenters. The summed E-state index contributed by atoms with van der Waals surface area (Å²) in [5.41, 5.74) is 3.16. The first-order chi connectivity index (χ1) is 15.2. The maximum atomic E-state index is 13.1. The van der Waals surface area contributed by atoms with E-state index >= 15 is 0 Å². The standard InChI is InChI=1S/C22H19N3O6S/c1-24(32(30,31)20-12-6-11-19(14-20)25(28)29)18-10-5-9-17(13-18)21(15-22(26)23-27)16-7-3-2-4-8-16/h2-15,27H,1H3,(H,23,26)/b21-15-. The predicted molar refractivity (Wildman–Crippen MR) is 119 cm³/mol. The molecule has 0 saturated carbocycles. The Morgan fingerprint density at radius 1 is 1.00 bits per heavy atom. The molecule has 3 aromatic carbocycles. The molecule has 0 bridgehead atoms. The molecule has 0 aliphatic heterocycles. The van der Waals surface area contributed by atoms with Crippen LogP contribution in [-0.4, -0.2) is 31.5 Å². The maximum absolute atomic E-state index is 13.1. The summed E-state index contributed by atoms with van der Waals surface area (Å²) in [4.78, 5) is 22.0. The van der Waals surface area contributed by atoms with E-state index in [2.05, 4.69) is 0 Å². The Labute approximate surface area is 184 Å². The summed E-state index contributed by atoms with van der Waals surface area (Å²) in [6.45, 7) is 0. The predicted octanol–water partition coefficient (Wildman–Crippen LogP) is 3.36. The number of nitro benzene ring substituents is 1. The molecular weight excluding hydrogens is 434 g/mol. The van der Waals surface area contributed by atoms with E-state index in [9.17, 15) is 23.3 Å². The summed E-state index contributed by atoms with van der Waals surface area (Å²) >= 11 is 0. The number of sulfonamides is 1. The third-order valence-electron chi connectivity index (χ3n) is 4.68. The first kappa shape index (κ1) is 22.7. The van der Waals surface area contributed by atoms with Gasteiger partial charge in [-0.25, -0.2) is 13.9 Å². The van der Waals surface area contributed by atoms with Crippen molar-refractivity contribution in [2.75, 3.05) is 11.4 Å². The Morgan fingerprint density at radius 3 is 2.31 bits per heavy atom. The Balaban J connectivity index is 2.05. The zero-order valence-electron chi connectivity index (χ0n) is 16.9. The number of rotatable bonds is 7. The minimum Gasteiger partial charge on any atom is -0.288 e. The number of hydrogen-bond acceptors (Lipinski definition) is 6. The number of carbonyl (C=O) groups is 1. The molecule has 0 aromatic heterocycles. The van der Waals surface area contributed by atoms with Crippen LogP contribution in [0.5, 0.6) is 0 Å². The number of non-ortho nitro benzene ring substituents is 1. The molecule has 0 fully saturated rings. The second kappa shape index (κ2) is 9.41. The molecule has 0 aliphatic rings. The molecule has 10 heteroatoms. The quantitative estimate of drug-likeness (QED) is 0.244. The van der Waals surface area contributed by atoms with Gasteiger partial charge < -0.3 is 0 Å². The van der Waals surface area contributed by atoms with E-state index in [4.69, 9.17) is 5.21 Å². The zero-order valence-corrected chi connectivity index (χ0v) is 17.7. The Bertz CT molecular complexity index is 1290. The van der Waals surface area contributed by atoms with Crippen molar-refractivity contribution in [3.05, 3.63) is 106 Å². The number of nitrogens with one attached hydrogen (secondary N) is 1. The van der Waals surface area contributed by atoms with Gasteiger partial charge in [0.05, 0.1) is 15.5 Å². The number of hydrogen-bond donors (Lipinski definition) is 2. The van der Waals surface area contributed by atoms with Gasteiger partial charge in [0.1, 0.15) is 0 Å². The molecule has 1 amide bonds. The van der Waals surface area contributed by atoms with Gasteiger partial charge in [-0.1, -0.05) is 48.5 Å². The molecule has 0 atom stereocenters. The van der Waals surface area contributed by atoms with Crippen molar-refractivity contribution in [2.24, 2.45) is 0 Å². The number of carbonyl (C=O) groups excluding carboxylic acids is 1. The molecule has 0 radical (unpaired) electrons. The highest BCUT2D eigenvalue weighted by atomic mass is 32.2. The zero-order chi connectivity index (χ0) is 23.3. The van der Waals surface area contributed by atoms with Crippen molar-refractivity contribution < 1.29 is 23.3 Å². The minimum absolute atomic E-state index is 0.224. The molecular formula is C22H19N3O6S. The summed E-state index contributed by atoms with van der Waals surface area (Å²) < 4.78 is 27.2. The van der Waals surface area contributed by atoms with Crippen LogP contribution in [0.15, 0.2) is 89.8 Å². The van der Waals surface area contributed by atoms with Gasteiger partial charge >= 0.3 is 0 Å². The molecule has 0 spiro atoms. The van der Waals surface area contributed by atoms with E-state index in [0.29, 0.717) is 16.7 Å². The van der Waals surface area contributed by atoms with Crippen LogP contribution in [0.3, 0.4) is 0 Å². The average Bonchev–Trinajstić information content (AvgIpc) is 2.82. The lowest BCUT2D eigenvalue weighted by molar-refractivity contribution is -0.385. The summed E-state index contributed by atoms with van der Waals surface area (Å²) in [7, 11) is -2.76. The van der Waals surface area contributed by atoms with Gasteiger partial charge in [0.15, 0.2) is 0 Å². The SMILES string of the molecule is CN(c1cccc(/C(=C\C(=O)NO)c2ccccc2)c1)S(=O)(=O)c1cccc([N+](=O)[O-])c1. The monoisotopic (exact) mass is 453 g/mol. The maximum Gasteiger partial charge on any atom is 0.270 e. The van der Waals surface area contributed by atoms with Crippen LogP contribution in [0.25, 0.3) is 5.57 Å². The Morgan fingerprint density at radius 2 is 1.66 bits per heavy atom. The van der Waals surface area contributed by atoms with E-state index in [0.717, 1.165) is 10.4 Å². The van der Waals surface area contributed by atoms with Crippen molar-refractivity contribution in [1.82, 2.24) is 5.48 Å². The number of benzene rings is 3. The Hall–Kier alpha value is -4.02. The smallest absolute Gasteiger partial charge is 0.270 e. The van der Waals surface area contributed by atoms with Crippen molar-refractivity contribution >= 4 is 32.9 Å². The third kappa shape index (κ3) is 4.82. The highest BCUT2D eigenvalue weighted by Gasteiger charge is 2.24.